The highest BCUT2D eigenvalue weighted by molar-refractivity contribution is 5.67. The highest BCUT2D eigenvalue weighted by Crippen LogP contribution is 2.38. The van der Waals surface area contributed by atoms with E-state index in [1.807, 2.05) is 4.90 Å². The van der Waals surface area contributed by atoms with Crippen LogP contribution in [0.3, 0.4) is 0 Å². The lowest BCUT2D eigenvalue weighted by Gasteiger charge is -2.41. The summed E-state index contributed by atoms with van der Waals surface area (Å²) in [6.45, 7) is 2.04. The topological polar surface area (TPSA) is 40.5 Å². The van der Waals surface area contributed by atoms with Crippen LogP contribution >= 0.6 is 0 Å². The molecule has 3 unspecified atom stereocenters. The molecular weight excluding hydrogens is 388 g/mol. The number of carbonyl (C=O) groups is 1. The highest BCUT2D eigenvalue weighted by Gasteiger charge is 2.36. The molecule has 1 N–H and O–H groups in total. The van der Waals surface area contributed by atoms with Crippen molar-refractivity contribution in [1.29, 1.82) is 0 Å². The third kappa shape index (κ3) is 6.68. The Hall–Kier alpha value is -1.77. The first-order valence-corrected chi connectivity index (χ1v) is 9.05. The molecule has 1 aromatic rings. The van der Waals surface area contributed by atoms with E-state index < -0.39 is 42.3 Å². The zero-order valence-corrected chi connectivity index (χ0v) is 15.4. The lowest BCUT2D eigenvalue weighted by molar-refractivity contribution is -0.146. The number of halogens is 6. The average molecular weight is 411 g/mol. The van der Waals surface area contributed by atoms with Crippen LogP contribution in [0.2, 0.25) is 0 Å². The molecule has 0 amide bonds. The van der Waals surface area contributed by atoms with Crippen LogP contribution in [0.25, 0.3) is 0 Å². The van der Waals surface area contributed by atoms with Crippen molar-refractivity contribution in [3.8, 4) is 0 Å². The molecule has 0 aromatic heterocycles. The van der Waals surface area contributed by atoms with Crippen LogP contribution in [0.1, 0.15) is 49.8 Å². The van der Waals surface area contributed by atoms with Gasteiger partial charge in [0, 0.05) is 25.4 Å². The maximum atomic E-state index is 12.8. The summed E-state index contributed by atoms with van der Waals surface area (Å²) in [5.41, 5.74) is -0.242. The van der Waals surface area contributed by atoms with E-state index in [1.54, 1.807) is 0 Å². The SMILES string of the molecule is CC(CN1CCC(CC(=O)O)CC1c1ccc(C(F)(F)F)cc1)CC(F)(F)F. The van der Waals surface area contributed by atoms with E-state index in [-0.39, 0.29) is 18.9 Å². The van der Waals surface area contributed by atoms with Gasteiger partial charge in [0.1, 0.15) is 0 Å². The summed E-state index contributed by atoms with van der Waals surface area (Å²) in [7, 11) is 0. The zero-order valence-electron chi connectivity index (χ0n) is 15.4. The van der Waals surface area contributed by atoms with Crippen molar-refractivity contribution in [2.24, 2.45) is 11.8 Å². The minimum atomic E-state index is -4.47. The Morgan fingerprint density at radius 1 is 1.18 bits per heavy atom. The first-order valence-electron chi connectivity index (χ1n) is 9.05. The average Bonchev–Trinajstić information content (AvgIpc) is 2.53. The van der Waals surface area contributed by atoms with Gasteiger partial charge in [-0.1, -0.05) is 19.1 Å². The molecule has 1 aromatic carbocycles. The van der Waals surface area contributed by atoms with E-state index in [0.29, 0.717) is 24.9 Å². The normalized spacial score (nSPS) is 22.8. The standard InChI is InChI=1S/C19H23F6NO2/c1-12(10-18(20,21)22)11-26-7-6-13(9-17(27)28)8-16(26)14-2-4-15(5-3-14)19(23,24)25/h2-5,12-13,16H,6-11H2,1H3,(H,27,28). The minimum absolute atomic E-state index is 0.0664. The van der Waals surface area contributed by atoms with Crippen molar-refractivity contribution in [3.63, 3.8) is 0 Å². The van der Waals surface area contributed by atoms with Gasteiger partial charge in [0.05, 0.1) is 5.56 Å². The monoisotopic (exact) mass is 411 g/mol. The van der Waals surface area contributed by atoms with Gasteiger partial charge in [-0.2, -0.15) is 26.3 Å². The molecule has 158 valence electrons. The van der Waals surface area contributed by atoms with Crippen molar-refractivity contribution in [2.45, 2.75) is 51.0 Å². The number of rotatable bonds is 6. The molecular formula is C19H23F6NO2. The van der Waals surface area contributed by atoms with Crippen LogP contribution < -0.4 is 0 Å². The molecule has 1 saturated heterocycles. The number of alkyl halides is 6. The molecule has 0 saturated carbocycles. The van der Waals surface area contributed by atoms with Crippen molar-refractivity contribution in [3.05, 3.63) is 35.4 Å². The smallest absolute Gasteiger partial charge is 0.416 e. The van der Waals surface area contributed by atoms with Crippen LogP contribution in [0.15, 0.2) is 24.3 Å². The minimum Gasteiger partial charge on any atom is -0.481 e. The first-order chi connectivity index (χ1) is 12.8. The summed E-state index contributed by atoms with van der Waals surface area (Å²) in [5, 5.41) is 9.02. The van der Waals surface area contributed by atoms with E-state index in [1.165, 1.54) is 19.1 Å². The number of piperidine rings is 1. The molecule has 0 aliphatic carbocycles. The molecule has 1 heterocycles. The van der Waals surface area contributed by atoms with Gasteiger partial charge >= 0.3 is 18.3 Å². The molecule has 2 rings (SSSR count). The maximum Gasteiger partial charge on any atom is 0.416 e. The van der Waals surface area contributed by atoms with Gasteiger partial charge in [0.15, 0.2) is 0 Å². The second kappa shape index (κ2) is 8.71. The fraction of sp³-hybridized carbons (Fsp3) is 0.632. The Morgan fingerprint density at radius 2 is 1.79 bits per heavy atom. The molecule has 28 heavy (non-hydrogen) atoms. The van der Waals surface area contributed by atoms with Crippen LogP contribution in [-0.4, -0.2) is 35.2 Å². The fourth-order valence-electron chi connectivity index (χ4n) is 3.84. The predicted octanol–water partition coefficient (Wildman–Crippen LogP) is 5.52. The molecule has 3 nitrogen and oxygen atoms in total. The summed E-state index contributed by atoms with van der Waals surface area (Å²) < 4.78 is 76.3. The quantitative estimate of drug-likeness (QED) is 0.627. The highest BCUT2D eigenvalue weighted by atomic mass is 19.4. The number of aliphatic carboxylic acids is 1. The van der Waals surface area contributed by atoms with E-state index in [9.17, 15) is 31.1 Å². The molecule has 0 spiro atoms. The number of carboxylic acids is 1. The van der Waals surface area contributed by atoms with Gasteiger partial charge in [0.2, 0.25) is 0 Å². The van der Waals surface area contributed by atoms with Crippen molar-refractivity contribution in [1.82, 2.24) is 4.90 Å². The molecule has 0 bridgehead atoms. The van der Waals surface area contributed by atoms with Gasteiger partial charge < -0.3 is 5.11 Å². The second-order valence-electron chi connectivity index (χ2n) is 7.54. The maximum absolute atomic E-state index is 12.8. The Bertz CT molecular complexity index is 656. The zero-order chi connectivity index (χ0) is 21.1. The van der Waals surface area contributed by atoms with Crippen LogP contribution in [-0.2, 0) is 11.0 Å². The van der Waals surface area contributed by atoms with E-state index in [2.05, 4.69) is 0 Å². The summed E-state index contributed by atoms with van der Waals surface area (Å²) >= 11 is 0. The molecule has 0 radical (unpaired) electrons. The molecule has 9 heteroatoms. The number of hydrogen-bond acceptors (Lipinski definition) is 2. The number of nitrogens with zero attached hydrogens (tertiary/aromatic N) is 1. The van der Waals surface area contributed by atoms with E-state index in [0.717, 1.165) is 12.1 Å². The summed E-state index contributed by atoms with van der Waals surface area (Å²) in [4.78, 5) is 12.8. The lowest BCUT2D eigenvalue weighted by Crippen LogP contribution is -2.40. The van der Waals surface area contributed by atoms with E-state index in [4.69, 9.17) is 5.11 Å². The number of likely N-dealkylation sites (tertiary alicyclic amines) is 1. The Balaban J connectivity index is 2.19. The van der Waals surface area contributed by atoms with E-state index >= 15 is 0 Å². The lowest BCUT2D eigenvalue weighted by atomic mass is 9.84. The third-order valence-corrected chi connectivity index (χ3v) is 5.03. The number of carboxylic acid groups (broad SMARTS) is 1. The van der Waals surface area contributed by atoms with Crippen LogP contribution in [0, 0.1) is 11.8 Å². The van der Waals surface area contributed by atoms with Gasteiger partial charge in [-0.25, -0.2) is 0 Å². The second-order valence-corrected chi connectivity index (χ2v) is 7.54. The molecule has 1 aliphatic heterocycles. The van der Waals surface area contributed by atoms with Gasteiger partial charge in [-0.3, -0.25) is 9.69 Å². The van der Waals surface area contributed by atoms with Gasteiger partial charge in [0.25, 0.3) is 0 Å². The summed E-state index contributed by atoms with van der Waals surface area (Å²) in [5.74, 6) is -1.80. The van der Waals surface area contributed by atoms with Gasteiger partial charge in [-0.15, -0.1) is 0 Å². The summed E-state index contributed by atoms with van der Waals surface area (Å²) in [6.07, 6.45) is -8.85. The fourth-order valence-corrected chi connectivity index (χ4v) is 3.84. The number of benzene rings is 1. The largest absolute Gasteiger partial charge is 0.481 e. The van der Waals surface area contributed by atoms with Crippen molar-refractivity contribution < 1.29 is 36.2 Å². The van der Waals surface area contributed by atoms with Crippen LogP contribution in [0.5, 0.6) is 0 Å². The summed E-state index contributed by atoms with van der Waals surface area (Å²) in [6, 6.07) is 4.16. The Labute approximate surface area is 159 Å². The van der Waals surface area contributed by atoms with Gasteiger partial charge in [-0.05, 0) is 48.9 Å². The Kier molecular flexibility index (Phi) is 7.01. The molecule has 3 atom stereocenters. The predicted molar refractivity (Wildman–Crippen MR) is 90.6 cm³/mol. The Morgan fingerprint density at radius 3 is 2.29 bits per heavy atom. The molecule has 1 aliphatic rings. The molecule has 1 fully saturated rings. The number of hydrogen-bond donors (Lipinski definition) is 1. The van der Waals surface area contributed by atoms with Crippen molar-refractivity contribution in [2.75, 3.05) is 13.1 Å². The van der Waals surface area contributed by atoms with Crippen molar-refractivity contribution >= 4 is 5.97 Å². The first kappa shape index (κ1) is 22.5. The third-order valence-electron chi connectivity index (χ3n) is 5.03. The van der Waals surface area contributed by atoms with Crippen LogP contribution in [0.4, 0.5) is 26.3 Å².